The van der Waals surface area contributed by atoms with E-state index in [9.17, 15) is 10.2 Å². The first-order chi connectivity index (χ1) is 7.59. The number of anilines is 1. The molecular weight excluding hydrogens is 225 g/mol. The van der Waals surface area contributed by atoms with Crippen LogP contribution in [0.15, 0.2) is 18.2 Å². The third-order valence-electron chi connectivity index (χ3n) is 2.81. The fraction of sp³-hybridized carbons (Fsp3) is 0.455. The maximum Gasteiger partial charge on any atom is 0.104 e. The summed E-state index contributed by atoms with van der Waals surface area (Å²) in [6, 6.07) is 5.71. The van der Waals surface area contributed by atoms with Crippen molar-refractivity contribution in [3.63, 3.8) is 0 Å². The van der Waals surface area contributed by atoms with Crippen LogP contribution in [0.2, 0.25) is 0 Å². The molecule has 1 saturated heterocycles. The van der Waals surface area contributed by atoms with Gasteiger partial charge in [0.1, 0.15) is 6.10 Å². The second-order valence-corrected chi connectivity index (χ2v) is 5.85. The third kappa shape index (κ3) is 2.20. The molecule has 1 aliphatic heterocycles. The molecule has 4 N–H and O–H groups in total. The highest BCUT2D eigenvalue weighted by Gasteiger charge is 2.30. The zero-order valence-electron chi connectivity index (χ0n) is 9.13. The first-order valence-electron chi connectivity index (χ1n) is 5.21. The highest BCUT2D eigenvalue weighted by atomic mass is 31.1. The van der Waals surface area contributed by atoms with E-state index >= 15 is 0 Å². The van der Waals surface area contributed by atoms with Gasteiger partial charge in [-0.05, 0) is 18.6 Å². The van der Waals surface area contributed by atoms with Crippen LogP contribution in [0.3, 0.4) is 0 Å². The Labute approximate surface area is 95.9 Å². The Bertz CT molecular complexity index is 385. The van der Waals surface area contributed by atoms with Gasteiger partial charge in [-0.3, -0.25) is 0 Å². The first-order valence-corrected chi connectivity index (χ1v) is 6.65. The van der Waals surface area contributed by atoms with Crippen LogP contribution in [0, 0.1) is 6.92 Å². The summed E-state index contributed by atoms with van der Waals surface area (Å²) in [6.45, 7) is 2.15. The molecule has 16 heavy (non-hydrogen) atoms. The molecule has 3 unspecified atom stereocenters. The lowest BCUT2D eigenvalue weighted by molar-refractivity contribution is -0.00560. The number of aliphatic hydroxyl groups is 2. The Morgan fingerprint density at radius 2 is 2.12 bits per heavy atom. The van der Waals surface area contributed by atoms with Gasteiger partial charge in [0.15, 0.2) is 0 Å². The highest BCUT2D eigenvalue weighted by molar-refractivity contribution is 7.61. The molecule has 1 aromatic carbocycles. The van der Waals surface area contributed by atoms with Crippen molar-refractivity contribution in [2.24, 2.45) is 0 Å². The Morgan fingerprint density at radius 1 is 1.38 bits per heavy atom. The molecule has 1 fully saturated rings. The molecule has 1 aliphatic rings. The molecule has 4 nitrogen and oxygen atoms in total. The van der Waals surface area contributed by atoms with Gasteiger partial charge < -0.3 is 20.5 Å². The molecule has 0 aliphatic carbocycles. The summed E-state index contributed by atoms with van der Waals surface area (Å²) in [7, 11) is -0.860. The SMILES string of the molecule is Cc1c(N)cccc1P1CC(O)C(O)CO1. The molecule has 0 amide bonds. The van der Waals surface area contributed by atoms with Gasteiger partial charge >= 0.3 is 0 Å². The van der Waals surface area contributed by atoms with Crippen LogP contribution in [-0.2, 0) is 4.52 Å². The highest BCUT2D eigenvalue weighted by Crippen LogP contribution is 2.41. The summed E-state index contributed by atoms with van der Waals surface area (Å²) in [5, 5.41) is 20.1. The van der Waals surface area contributed by atoms with E-state index in [0.717, 1.165) is 16.6 Å². The molecule has 1 heterocycles. The fourth-order valence-corrected chi connectivity index (χ4v) is 3.81. The standard InChI is InChI=1S/C11H16NO3P/c1-7-8(12)3-2-4-11(7)16-6-10(14)9(13)5-15-16/h2-4,9-10,13-14H,5-6,12H2,1H3. The second kappa shape index (κ2) is 4.68. The minimum absolute atomic E-state index is 0.196. The average Bonchev–Trinajstić information content (AvgIpc) is 2.26. The van der Waals surface area contributed by atoms with Gasteiger partial charge in [0.05, 0.1) is 20.9 Å². The molecule has 2 rings (SSSR count). The van der Waals surface area contributed by atoms with Gasteiger partial charge in [0.25, 0.3) is 0 Å². The number of hydrogen-bond donors (Lipinski definition) is 3. The van der Waals surface area contributed by atoms with Crippen molar-refractivity contribution in [2.75, 3.05) is 18.5 Å². The van der Waals surface area contributed by atoms with E-state index < -0.39 is 20.4 Å². The molecule has 0 bridgehead atoms. The Kier molecular flexibility index (Phi) is 3.45. The lowest BCUT2D eigenvalue weighted by Crippen LogP contribution is -2.38. The van der Waals surface area contributed by atoms with Crippen LogP contribution in [0.5, 0.6) is 0 Å². The van der Waals surface area contributed by atoms with Crippen LogP contribution >= 0.6 is 8.15 Å². The van der Waals surface area contributed by atoms with E-state index in [4.69, 9.17) is 10.3 Å². The molecule has 0 radical (unpaired) electrons. The summed E-state index contributed by atoms with van der Waals surface area (Å²) in [5.41, 5.74) is 7.58. The quantitative estimate of drug-likeness (QED) is 0.490. The Hall–Kier alpha value is -0.670. The minimum Gasteiger partial charge on any atom is -0.398 e. The van der Waals surface area contributed by atoms with Gasteiger partial charge in [-0.25, -0.2) is 0 Å². The fourth-order valence-electron chi connectivity index (χ4n) is 1.70. The zero-order valence-corrected chi connectivity index (χ0v) is 10.0. The van der Waals surface area contributed by atoms with Gasteiger partial charge in [-0.15, -0.1) is 0 Å². The van der Waals surface area contributed by atoms with Crippen molar-refractivity contribution in [3.8, 4) is 0 Å². The van der Waals surface area contributed by atoms with E-state index in [1.807, 2.05) is 25.1 Å². The van der Waals surface area contributed by atoms with E-state index in [-0.39, 0.29) is 6.61 Å². The average molecular weight is 241 g/mol. The summed E-state index contributed by atoms with van der Waals surface area (Å²) < 4.78 is 5.58. The van der Waals surface area contributed by atoms with Crippen LogP contribution < -0.4 is 11.0 Å². The summed E-state index contributed by atoms with van der Waals surface area (Å²) in [6.07, 6.45) is -0.985. The van der Waals surface area contributed by atoms with Crippen molar-refractivity contribution in [1.82, 2.24) is 0 Å². The largest absolute Gasteiger partial charge is 0.398 e. The number of aliphatic hydroxyl groups excluding tert-OH is 2. The van der Waals surface area contributed by atoms with Gasteiger partial charge in [-0.2, -0.15) is 0 Å². The lowest BCUT2D eigenvalue weighted by Gasteiger charge is -2.31. The van der Waals surface area contributed by atoms with Crippen LogP contribution in [0.4, 0.5) is 5.69 Å². The van der Waals surface area contributed by atoms with Crippen molar-refractivity contribution in [1.29, 1.82) is 0 Å². The number of benzene rings is 1. The van der Waals surface area contributed by atoms with Gasteiger partial charge in [0, 0.05) is 17.2 Å². The predicted octanol–water partition coefficient (Wildman–Crippen LogP) is 0.351. The molecule has 0 aromatic heterocycles. The Morgan fingerprint density at radius 3 is 2.81 bits per heavy atom. The smallest absolute Gasteiger partial charge is 0.104 e. The van der Waals surface area contributed by atoms with E-state index in [1.165, 1.54) is 0 Å². The topological polar surface area (TPSA) is 75.7 Å². The maximum atomic E-state index is 9.62. The van der Waals surface area contributed by atoms with Gasteiger partial charge in [-0.1, -0.05) is 12.1 Å². The third-order valence-corrected chi connectivity index (χ3v) is 5.00. The van der Waals surface area contributed by atoms with E-state index in [0.29, 0.717) is 6.16 Å². The summed E-state index contributed by atoms with van der Waals surface area (Å²) >= 11 is 0. The maximum absolute atomic E-state index is 9.62. The number of hydrogen-bond acceptors (Lipinski definition) is 4. The monoisotopic (exact) mass is 241 g/mol. The molecule has 5 heteroatoms. The second-order valence-electron chi connectivity index (χ2n) is 3.98. The summed E-state index contributed by atoms with van der Waals surface area (Å²) in [5.74, 6) is 0. The molecule has 3 atom stereocenters. The van der Waals surface area contributed by atoms with E-state index in [2.05, 4.69) is 0 Å². The minimum atomic E-state index is -0.860. The van der Waals surface area contributed by atoms with Crippen molar-refractivity contribution in [2.45, 2.75) is 19.1 Å². The van der Waals surface area contributed by atoms with E-state index in [1.54, 1.807) is 0 Å². The van der Waals surface area contributed by atoms with Crippen LogP contribution in [-0.4, -0.2) is 35.2 Å². The van der Waals surface area contributed by atoms with Crippen molar-refractivity contribution < 1.29 is 14.7 Å². The molecule has 0 spiro atoms. The number of nitrogens with two attached hydrogens (primary N) is 1. The molecule has 1 aromatic rings. The lowest BCUT2D eigenvalue weighted by atomic mass is 10.2. The normalized spacial score (nSPS) is 30.3. The van der Waals surface area contributed by atoms with Gasteiger partial charge in [0.2, 0.25) is 0 Å². The van der Waals surface area contributed by atoms with Crippen LogP contribution in [0.1, 0.15) is 5.56 Å². The number of nitrogen functional groups attached to an aromatic ring is 1. The summed E-state index contributed by atoms with van der Waals surface area (Å²) in [4.78, 5) is 0. The first kappa shape index (κ1) is 11.8. The molecule has 0 saturated carbocycles. The van der Waals surface area contributed by atoms with Crippen molar-refractivity contribution >= 4 is 19.1 Å². The van der Waals surface area contributed by atoms with Crippen molar-refractivity contribution in [3.05, 3.63) is 23.8 Å². The number of rotatable bonds is 1. The Balaban J connectivity index is 2.22. The molecule has 88 valence electrons. The van der Waals surface area contributed by atoms with Crippen LogP contribution in [0.25, 0.3) is 0 Å². The predicted molar refractivity (Wildman–Crippen MR) is 65.0 cm³/mol. The zero-order chi connectivity index (χ0) is 11.7. The molecular formula is C11H16NO3P.